The smallest absolute Gasteiger partial charge is 0.185 e. The third-order valence-electron chi connectivity index (χ3n) is 3.09. The van der Waals surface area contributed by atoms with Crippen molar-refractivity contribution in [3.05, 3.63) is 35.1 Å². The van der Waals surface area contributed by atoms with E-state index in [9.17, 15) is 13.2 Å². The van der Waals surface area contributed by atoms with E-state index in [1.165, 1.54) is 0 Å². The van der Waals surface area contributed by atoms with Crippen molar-refractivity contribution >= 4 is 16.7 Å². The molecule has 1 aromatic heterocycles. The van der Waals surface area contributed by atoms with Crippen LogP contribution in [0.25, 0.3) is 10.9 Å². The summed E-state index contributed by atoms with van der Waals surface area (Å²) in [5.74, 6) is -2.60. The lowest BCUT2D eigenvalue weighted by Gasteiger charge is -2.12. The molecule has 2 aromatic rings. The van der Waals surface area contributed by atoms with Gasteiger partial charge < -0.3 is 5.32 Å². The Labute approximate surface area is 116 Å². The van der Waals surface area contributed by atoms with Crippen molar-refractivity contribution in [2.45, 2.75) is 33.1 Å². The zero-order valence-electron chi connectivity index (χ0n) is 11.6. The number of aromatic nitrogens is 1. The molecule has 0 spiro atoms. The standard InChI is InChI=1S/C15H17F3N2/c1-3-5-9-7-10-11(16)8-12(17)13(18)14(10)20-15(9)19-6-4-2/h7-8H,3-6H2,1-2H3,(H,19,20). The van der Waals surface area contributed by atoms with Crippen molar-refractivity contribution < 1.29 is 13.2 Å². The summed E-state index contributed by atoms with van der Waals surface area (Å²) in [6.45, 7) is 4.66. The molecule has 2 rings (SSSR count). The van der Waals surface area contributed by atoms with Gasteiger partial charge in [0.25, 0.3) is 0 Å². The van der Waals surface area contributed by atoms with Gasteiger partial charge in [-0.3, -0.25) is 0 Å². The molecule has 0 aliphatic rings. The molecule has 0 unspecified atom stereocenters. The summed E-state index contributed by atoms with van der Waals surface area (Å²) in [5.41, 5.74) is 0.555. The van der Waals surface area contributed by atoms with Gasteiger partial charge in [-0.15, -0.1) is 0 Å². The fourth-order valence-electron chi connectivity index (χ4n) is 2.13. The molecule has 0 aliphatic heterocycles. The second-order valence-electron chi connectivity index (χ2n) is 4.72. The highest BCUT2D eigenvalue weighted by atomic mass is 19.2. The topological polar surface area (TPSA) is 24.9 Å². The molecule has 5 heteroatoms. The van der Waals surface area contributed by atoms with E-state index in [4.69, 9.17) is 0 Å². The normalized spacial score (nSPS) is 11.1. The number of pyridine rings is 1. The van der Waals surface area contributed by atoms with Gasteiger partial charge in [-0.2, -0.15) is 0 Å². The molecule has 1 aromatic carbocycles. The average molecular weight is 282 g/mol. The Morgan fingerprint density at radius 3 is 2.45 bits per heavy atom. The molecule has 1 N–H and O–H groups in total. The number of nitrogens with zero attached hydrogens (tertiary/aromatic N) is 1. The predicted molar refractivity (Wildman–Crippen MR) is 74.4 cm³/mol. The molecule has 0 bridgehead atoms. The summed E-state index contributed by atoms with van der Waals surface area (Å²) in [6, 6.07) is 2.12. The van der Waals surface area contributed by atoms with Crippen molar-refractivity contribution in [3.8, 4) is 0 Å². The monoisotopic (exact) mass is 282 g/mol. The van der Waals surface area contributed by atoms with E-state index in [1.807, 2.05) is 13.8 Å². The quantitative estimate of drug-likeness (QED) is 0.821. The summed E-state index contributed by atoms with van der Waals surface area (Å²) in [7, 11) is 0. The van der Waals surface area contributed by atoms with Gasteiger partial charge >= 0.3 is 0 Å². The third kappa shape index (κ3) is 2.71. The first kappa shape index (κ1) is 14.6. The number of halogens is 3. The van der Waals surface area contributed by atoms with Crippen LogP contribution in [0.5, 0.6) is 0 Å². The summed E-state index contributed by atoms with van der Waals surface area (Å²) in [4.78, 5) is 4.09. The molecular weight excluding hydrogens is 265 g/mol. The van der Waals surface area contributed by atoms with Crippen LogP contribution in [-0.2, 0) is 6.42 Å². The number of aryl methyl sites for hydroxylation is 1. The Bertz CT molecular complexity index is 626. The minimum Gasteiger partial charge on any atom is -0.370 e. The summed E-state index contributed by atoms with van der Waals surface area (Å²) in [6.07, 6.45) is 2.44. The van der Waals surface area contributed by atoms with Crippen LogP contribution in [0.4, 0.5) is 19.0 Å². The Hall–Kier alpha value is -1.78. The first-order valence-electron chi connectivity index (χ1n) is 6.79. The van der Waals surface area contributed by atoms with E-state index < -0.39 is 17.5 Å². The molecule has 2 nitrogen and oxygen atoms in total. The van der Waals surface area contributed by atoms with Crippen LogP contribution in [0.2, 0.25) is 0 Å². The number of anilines is 1. The van der Waals surface area contributed by atoms with Gasteiger partial charge in [0.05, 0.1) is 0 Å². The van der Waals surface area contributed by atoms with Crippen LogP contribution in [0.3, 0.4) is 0 Å². The lowest BCUT2D eigenvalue weighted by atomic mass is 10.1. The molecule has 1 heterocycles. The zero-order valence-corrected chi connectivity index (χ0v) is 11.6. The lowest BCUT2D eigenvalue weighted by molar-refractivity contribution is 0.504. The lowest BCUT2D eigenvalue weighted by Crippen LogP contribution is -2.07. The molecule has 0 amide bonds. The van der Waals surface area contributed by atoms with Gasteiger partial charge in [-0.1, -0.05) is 20.3 Å². The fraction of sp³-hybridized carbons (Fsp3) is 0.400. The van der Waals surface area contributed by atoms with Gasteiger partial charge in [0, 0.05) is 18.0 Å². The zero-order chi connectivity index (χ0) is 14.7. The predicted octanol–water partition coefficient (Wildman–Crippen LogP) is 4.43. The van der Waals surface area contributed by atoms with Gasteiger partial charge in [-0.25, -0.2) is 18.2 Å². The second-order valence-corrected chi connectivity index (χ2v) is 4.72. The van der Waals surface area contributed by atoms with Gasteiger partial charge in [0.1, 0.15) is 17.2 Å². The van der Waals surface area contributed by atoms with Crippen LogP contribution in [0, 0.1) is 17.5 Å². The van der Waals surface area contributed by atoms with Crippen molar-refractivity contribution in [2.75, 3.05) is 11.9 Å². The molecule has 0 atom stereocenters. The fourth-order valence-corrected chi connectivity index (χ4v) is 2.13. The number of hydrogen-bond acceptors (Lipinski definition) is 2. The number of hydrogen-bond donors (Lipinski definition) is 1. The maximum absolute atomic E-state index is 13.8. The number of rotatable bonds is 5. The van der Waals surface area contributed by atoms with E-state index in [1.54, 1.807) is 6.07 Å². The van der Waals surface area contributed by atoms with Crippen molar-refractivity contribution in [2.24, 2.45) is 0 Å². The first-order chi connectivity index (χ1) is 9.58. The molecule has 0 radical (unpaired) electrons. The first-order valence-corrected chi connectivity index (χ1v) is 6.79. The van der Waals surface area contributed by atoms with Crippen LogP contribution in [0.15, 0.2) is 12.1 Å². The van der Waals surface area contributed by atoms with Crippen LogP contribution in [-0.4, -0.2) is 11.5 Å². The maximum atomic E-state index is 13.8. The van der Waals surface area contributed by atoms with Crippen molar-refractivity contribution in [1.29, 1.82) is 0 Å². The van der Waals surface area contributed by atoms with Crippen LogP contribution in [0.1, 0.15) is 32.3 Å². The SMILES string of the molecule is CCCNc1nc2c(F)c(F)cc(F)c2cc1CCC. The van der Waals surface area contributed by atoms with E-state index in [2.05, 4.69) is 10.3 Å². The Balaban J connectivity index is 2.64. The van der Waals surface area contributed by atoms with E-state index >= 15 is 0 Å². The van der Waals surface area contributed by atoms with Crippen molar-refractivity contribution in [1.82, 2.24) is 4.98 Å². The summed E-state index contributed by atoms with van der Waals surface area (Å²) >= 11 is 0. The molecule has 0 aliphatic carbocycles. The minimum atomic E-state index is -1.22. The highest BCUT2D eigenvalue weighted by Crippen LogP contribution is 2.27. The minimum absolute atomic E-state index is 0.0226. The molecule has 0 saturated heterocycles. The van der Waals surface area contributed by atoms with E-state index in [0.29, 0.717) is 24.8 Å². The third-order valence-corrected chi connectivity index (χ3v) is 3.09. The number of benzene rings is 1. The van der Waals surface area contributed by atoms with Crippen molar-refractivity contribution in [3.63, 3.8) is 0 Å². The Morgan fingerprint density at radius 2 is 1.80 bits per heavy atom. The highest BCUT2D eigenvalue weighted by Gasteiger charge is 2.16. The van der Waals surface area contributed by atoms with E-state index in [0.717, 1.165) is 18.4 Å². The summed E-state index contributed by atoms with van der Waals surface area (Å²) in [5, 5.41) is 3.11. The Kier molecular flexibility index (Phi) is 4.47. The van der Waals surface area contributed by atoms with Gasteiger partial charge in [0.2, 0.25) is 0 Å². The largest absolute Gasteiger partial charge is 0.370 e. The van der Waals surface area contributed by atoms with Gasteiger partial charge in [0.15, 0.2) is 11.6 Å². The molecular formula is C15H17F3N2. The molecule has 20 heavy (non-hydrogen) atoms. The number of nitrogens with one attached hydrogen (secondary N) is 1. The van der Waals surface area contributed by atoms with E-state index in [-0.39, 0.29) is 10.9 Å². The van der Waals surface area contributed by atoms with Gasteiger partial charge in [-0.05, 0) is 24.5 Å². The van der Waals surface area contributed by atoms with Crippen LogP contribution >= 0.6 is 0 Å². The average Bonchev–Trinajstić information content (AvgIpc) is 2.43. The second kappa shape index (κ2) is 6.11. The molecule has 0 saturated carbocycles. The molecule has 0 fully saturated rings. The van der Waals surface area contributed by atoms with Crippen LogP contribution < -0.4 is 5.32 Å². The Morgan fingerprint density at radius 1 is 1.05 bits per heavy atom. The maximum Gasteiger partial charge on any atom is 0.185 e. The number of fused-ring (bicyclic) bond motifs is 1. The molecule has 108 valence electrons. The highest BCUT2D eigenvalue weighted by molar-refractivity contribution is 5.83. The summed E-state index contributed by atoms with van der Waals surface area (Å²) < 4.78 is 40.8.